The maximum absolute atomic E-state index is 12.0. The average molecular weight is 2340 g/mol. The third kappa shape index (κ3) is 98.9. The highest BCUT2D eigenvalue weighted by Crippen LogP contribution is 2.27. The van der Waals surface area contributed by atoms with Crippen LogP contribution in [0.15, 0.2) is 0 Å². The van der Waals surface area contributed by atoms with E-state index in [0.29, 0.717) is 98.4 Å². The second-order valence-corrected chi connectivity index (χ2v) is 40.0. The third-order valence-electron chi connectivity index (χ3n) is 18.1. The monoisotopic (exact) mass is 2340 g/mol. The van der Waals surface area contributed by atoms with Crippen molar-refractivity contribution in [3.05, 3.63) is 0 Å². The van der Waals surface area contributed by atoms with Crippen LogP contribution in [0.25, 0.3) is 0 Å². The molecule has 34 nitrogen and oxygen atoms in total. The van der Waals surface area contributed by atoms with Gasteiger partial charge in [0.25, 0.3) is 0 Å². The van der Waals surface area contributed by atoms with E-state index in [0.717, 1.165) is 38.5 Å². The number of ether oxygens (including phenoxy) is 17. The zero-order valence-corrected chi connectivity index (χ0v) is 97.9. The highest BCUT2D eigenvalue weighted by Gasteiger charge is 2.40. The minimum absolute atomic E-state index is 0.0259. The molecular weight excluding hydrogens is 2180 g/mol. The Morgan fingerprint density at radius 3 is 0.592 bits per heavy atom. The molecule has 0 aliphatic heterocycles. The zero-order valence-electron chi connectivity index (χ0n) is 82.7. The van der Waals surface area contributed by atoms with Crippen LogP contribution in [0.3, 0.4) is 0 Å². The molecule has 830 valence electrons. The topological polar surface area (TPSA) is 447 Å². The van der Waals surface area contributed by atoms with Crippen molar-refractivity contribution in [1.29, 1.82) is 0 Å². The molecule has 0 aromatic carbocycles. The predicted octanol–water partition coefficient (Wildman–Crippen LogP) is 13.8. The standard InChI is InChI=1S/C25H48O4S2.C17H28O8S4.C14H22O8S4.C14H24O6S3.C11H20O4S2.C10H18O4S2/c1-3-5-7-9-11-13-15-18-22(30)24(26)28-20-17-21-29-25(27)23(31)19-16-14-12-10-8-6-4-2;18-13(1-5-26)22-9-17(10-23-14(19)2-6-27,11-24-15(20)3-7-28)12-25-16(21)4-8-29;15-10(1-2-23)19-6-14(7-20-11(16)3-24,8-21-12(17)4-25)9-22-13(18)5-26;1-14(8-18-11(15)2-5-21,9-19-12(16)3-6-22)10-20-13(17)4-7-23;1-11(2,7-14-9(12)3-5-16)8-15-10(13)4-6-17;11-9(13-5-7-15)3-1-2-4-10(12)14-6-8-16/h22-23,30-31H,3-21H2,1-2H3;26-29H,1-12H2;23-26H,1-9H2;21-23H,2-10H2,1H3;16-17H,3-8H2,1-2H3;15-16H,1-8H2. The molecule has 0 saturated heterocycles. The van der Waals surface area contributed by atoms with Gasteiger partial charge in [-0.3, -0.25) is 81.5 Å². The van der Waals surface area contributed by atoms with E-state index in [4.69, 9.17) is 80.5 Å². The lowest BCUT2D eigenvalue weighted by molar-refractivity contribution is -0.172. The lowest BCUT2D eigenvalue weighted by Crippen LogP contribution is -2.44. The van der Waals surface area contributed by atoms with Crippen LogP contribution in [-0.2, 0) is 162 Å². The molecule has 0 amide bonds. The normalized spacial score (nSPS) is 11.3. The van der Waals surface area contributed by atoms with Crippen molar-refractivity contribution in [3.8, 4) is 0 Å². The van der Waals surface area contributed by atoms with E-state index in [1.165, 1.54) is 64.2 Å². The molecular formula is C91H160O34S17. The van der Waals surface area contributed by atoms with E-state index >= 15 is 0 Å². The Morgan fingerprint density at radius 2 is 0.387 bits per heavy atom. The molecule has 0 N–H and O–H groups in total. The number of thiol groups is 17. The summed E-state index contributed by atoms with van der Waals surface area (Å²) in [5.41, 5.74) is -3.72. The summed E-state index contributed by atoms with van der Waals surface area (Å²) < 4.78 is 86.7. The maximum atomic E-state index is 12.0. The molecule has 0 rings (SSSR count). The second kappa shape index (κ2) is 104. The van der Waals surface area contributed by atoms with Crippen LogP contribution >= 0.6 is 215 Å². The average Bonchev–Trinajstić information content (AvgIpc) is 0.868. The SMILES string of the molecule is CC(C)(COC(=O)CCS)COC(=O)CCS.CC(COC(=O)CCS)(COC(=O)CCS)COC(=O)CCS.CCCCCCCCCC(S)C(=O)OCCCOC(=O)C(S)CCCCCCCCC.O=C(CCCCC(=O)OCCS)OCCS.O=C(CCS)OCC(COC(=O)CCS)(COC(=O)CCS)COC(=O)CCS.O=C(CS)OCC(COC(=O)CS)(COC(=O)CS)COC(=O)CCS. The minimum Gasteiger partial charge on any atom is -0.465 e. The molecule has 0 heterocycles. The number of esters is 17. The first-order valence-corrected chi connectivity index (χ1v) is 57.3. The third-order valence-corrected chi connectivity index (χ3v) is 22.4. The molecule has 142 heavy (non-hydrogen) atoms. The highest BCUT2D eigenvalue weighted by atomic mass is 32.1. The minimum atomic E-state index is -1.28. The van der Waals surface area contributed by atoms with E-state index in [2.05, 4.69) is 229 Å². The van der Waals surface area contributed by atoms with Gasteiger partial charge in [0.15, 0.2) is 0 Å². The number of hydrogen-bond donors (Lipinski definition) is 17. The first kappa shape index (κ1) is 150. The predicted molar refractivity (Wildman–Crippen MR) is 601 cm³/mol. The van der Waals surface area contributed by atoms with E-state index in [9.17, 15) is 81.5 Å². The van der Waals surface area contributed by atoms with Gasteiger partial charge in [0, 0.05) is 93.7 Å². The van der Waals surface area contributed by atoms with Crippen molar-refractivity contribution in [2.45, 2.75) is 244 Å². The van der Waals surface area contributed by atoms with Gasteiger partial charge in [0.2, 0.25) is 0 Å². The first-order chi connectivity index (χ1) is 67.6. The van der Waals surface area contributed by atoms with Crippen LogP contribution in [0, 0.1) is 21.7 Å². The molecule has 0 aliphatic rings. The molecule has 0 spiro atoms. The van der Waals surface area contributed by atoms with Crippen molar-refractivity contribution in [3.63, 3.8) is 0 Å². The number of carbonyl (C=O) groups excluding carboxylic acids is 17. The number of rotatable bonds is 80. The first-order valence-electron chi connectivity index (χ1n) is 46.8. The summed E-state index contributed by atoms with van der Waals surface area (Å²) in [7, 11) is 0. The Hall–Kier alpha value is -3.06. The van der Waals surface area contributed by atoms with Crippen LogP contribution in [0.4, 0.5) is 0 Å². The van der Waals surface area contributed by atoms with Gasteiger partial charge in [-0.15, -0.1) is 0 Å². The van der Waals surface area contributed by atoms with E-state index in [1.807, 2.05) is 13.8 Å². The molecule has 0 aliphatic carbocycles. The number of unbranched alkanes of at least 4 members (excludes halogenated alkanes) is 13. The number of carbonyl (C=O) groups is 17. The molecule has 0 saturated carbocycles. The summed E-state index contributed by atoms with van der Waals surface area (Å²) in [6.45, 7) is 9.08. The summed E-state index contributed by atoms with van der Waals surface area (Å²) in [6, 6.07) is 0. The van der Waals surface area contributed by atoms with Gasteiger partial charge in [-0.25, -0.2) is 0 Å². The van der Waals surface area contributed by atoms with Gasteiger partial charge in [-0.2, -0.15) is 215 Å². The molecule has 0 aromatic heterocycles. The Labute approximate surface area is 934 Å². The summed E-state index contributed by atoms with van der Waals surface area (Å²) in [6.07, 6.45) is 22.5. The molecule has 0 radical (unpaired) electrons. The summed E-state index contributed by atoms with van der Waals surface area (Å²) >= 11 is 67.5. The van der Waals surface area contributed by atoms with Crippen LogP contribution < -0.4 is 0 Å². The Bertz CT molecular complexity index is 3100. The fraction of sp³-hybridized carbons (Fsp3) is 0.813. The van der Waals surface area contributed by atoms with Crippen LogP contribution in [0.1, 0.15) is 234 Å². The lowest BCUT2D eigenvalue weighted by atomic mass is 9.92. The van der Waals surface area contributed by atoms with Gasteiger partial charge in [0.1, 0.15) is 96.7 Å². The molecule has 0 fully saturated rings. The summed E-state index contributed by atoms with van der Waals surface area (Å²) in [4.78, 5) is 196. The number of hydrogen-bond acceptors (Lipinski definition) is 51. The van der Waals surface area contributed by atoms with Crippen LogP contribution in [0.5, 0.6) is 0 Å². The van der Waals surface area contributed by atoms with Gasteiger partial charge < -0.3 is 80.5 Å². The summed E-state index contributed by atoms with van der Waals surface area (Å²) in [5.74, 6) is -3.37. The molecule has 51 heteroatoms. The van der Waals surface area contributed by atoms with Crippen LogP contribution in [-0.4, -0.2) is 311 Å². The largest absolute Gasteiger partial charge is 0.465 e. The Kier molecular flexibility index (Phi) is 109. The van der Waals surface area contributed by atoms with Gasteiger partial charge in [-0.05, 0) is 32.6 Å². The van der Waals surface area contributed by atoms with E-state index in [1.54, 1.807) is 6.92 Å². The van der Waals surface area contributed by atoms with Gasteiger partial charge >= 0.3 is 101 Å². The highest BCUT2D eigenvalue weighted by molar-refractivity contribution is 7.83. The van der Waals surface area contributed by atoms with Crippen LogP contribution in [0.2, 0.25) is 0 Å². The van der Waals surface area contributed by atoms with Crippen molar-refractivity contribution in [2.75, 3.05) is 199 Å². The maximum Gasteiger partial charge on any atom is 0.318 e. The van der Waals surface area contributed by atoms with Crippen molar-refractivity contribution >= 4 is 316 Å². The second-order valence-electron chi connectivity index (χ2n) is 32.4. The molecule has 2 unspecified atom stereocenters. The zero-order chi connectivity index (χ0) is 109. The lowest BCUT2D eigenvalue weighted by Gasteiger charge is -2.31. The Morgan fingerprint density at radius 1 is 0.197 bits per heavy atom. The van der Waals surface area contributed by atoms with Gasteiger partial charge in [-0.1, -0.05) is 118 Å². The molecule has 0 bridgehead atoms. The van der Waals surface area contributed by atoms with Gasteiger partial charge in [0.05, 0.1) is 124 Å². The van der Waals surface area contributed by atoms with Crippen molar-refractivity contribution < 1.29 is 162 Å². The fourth-order valence-electron chi connectivity index (χ4n) is 10.0. The van der Waals surface area contributed by atoms with E-state index in [-0.39, 0.29) is 248 Å². The van der Waals surface area contributed by atoms with Crippen molar-refractivity contribution in [2.24, 2.45) is 21.7 Å². The smallest absolute Gasteiger partial charge is 0.318 e. The quantitative estimate of drug-likeness (QED) is 0.0116. The molecule has 0 aromatic rings. The van der Waals surface area contributed by atoms with E-state index < -0.39 is 81.9 Å². The fourth-order valence-corrected chi connectivity index (χ4v) is 12.8. The Balaban J connectivity index is -0.000000396. The molecule has 2 atom stereocenters. The summed E-state index contributed by atoms with van der Waals surface area (Å²) in [5, 5.41) is -0.719. The van der Waals surface area contributed by atoms with Crippen molar-refractivity contribution in [1.82, 2.24) is 0 Å².